The minimum atomic E-state index is -0.125. The third-order valence-corrected chi connectivity index (χ3v) is 15.0. The van der Waals surface area contributed by atoms with Crippen molar-refractivity contribution in [2.75, 3.05) is 0 Å². The first-order valence-electron chi connectivity index (χ1n) is 30.7. The fraction of sp³-hybridized carbons (Fsp3) is 0.0235. The van der Waals surface area contributed by atoms with Crippen LogP contribution >= 0.6 is 0 Å². The van der Waals surface area contributed by atoms with E-state index in [9.17, 15) is 4.79 Å². The minimum Gasteiger partial charge on any atom is -0.512 e. The molecule has 98 heavy (non-hydrogen) atoms. The van der Waals surface area contributed by atoms with Gasteiger partial charge < -0.3 is 15.1 Å². The summed E-state index contributed by atoms with van der Waals surface area (Å²) in [7, 11) is 0. The molecule has 0 aliphatic heterocycles. The fourth-order valence-electron chi connectivity index (χ4n) is 10.5. The first-order valence-corrected chi connectivity index (χ1v) is 30.7. The molecule has 0 unspecified atom stereocenters. The van der Waals surface area contributed by atoms with Crippen LogP contribution < -0.4 is 0 Å². The third kappa shape index (κ3) is 18.4. The zero-order chi connectivity index (χ0) is 65.0. The Balaban J connectivity index is 0.000000140. The van der Waals surface area contributed by atoms with Crippen molar-refractivity contribution in [1.82, 2.24) is 39.9 Å². The van der Waals surface area contributed by atoms with E-state index in [1.165, 1.54) is 46.9 Å². The molecule has 10 nitrogen and oxygen atoms in total. The van der Waals surface area contributed by atoms with Crippen LogP contribution in [0.15, 0.2) is 322 Å². The Kier molecular flexibility index (Phi) is 26.1. The molecular formula is C85H59Ir3N8O2-5. The van der Waals surface area contributed by atoms with Gasteiger partial charge in [-0.15, -0.1) is 179 Å². The first-order chi connectivity index (χ1) is 46.8. The van der Waals surface area contributed by atoms with E-state index in [0.717, 1.165) is 106 Å². The van der Waals surface area contributed by atoms with Crippen molar-refractivity contribution < 1.29 is 70.2 Å². The van der Waals surface area contributed by atoms with E-state index in [1.807, 2.05) is 219 Å². The average molecular weight is 1800 g/mol. The summed E-state index contributed by atoms with van der Waals surface area (Å²) in [5, 5.41) is 21.0. The molecule has 12 aromatic carbocycles. The monoisotopic (exact) mass is 1800 g/mol. The predicted octanol–water partition coefficient (Wildman–Crippen LogP) is 20.0. The van der Waals surface area contributed by atoms with Crippen LogP contribution in [-0.2, 0) is 65.1 Å². The molecule has 0 spiro atoms. The van der Waals surface area contributed by atoms with Gasteiger partial charge in [-0.1, -0.05) is 146 Å². The Labute approximate surface area is 609 Å². The molecule has 13 heteroatoms. The third-order valence-electron chi connectivity index (χ3n) is 15.0. The number of fused-ring (bicyclic) bond motifs is 10. The minimum absolute atomic E-state index is 0. The Hall–Kier alpha value is -10.8. The van der Waals surface area contributed by atoms with Gasteiger partial charge in [-0.05, 0) is 64.3 Å². The number of rotatable bonds is 6. The van der Waals surface area contributed by atoms with Crippen LogP contribution in [0.25, 0.3) is 132 Å². The standard InChI is InChI=1S/3C18H11N2.C15H10N.C11H8N.C5H8O2.3Ir/c3*1-2-7-14(8-3-1)18-19-12-15-11-10-13-6-4-5-9-16(13)17(15)20-18;1-2-7-13(8-3-1)15-14-9-5-4-6-12(14)10-11-16-15;1-2-6-10(7-3-1)11-8-4-5-9-12-11;1-4(6)3-5(2)7;;;/h3*1-7,9-12H;1-7,9-11H;1-6,8-9H;3,6H,1-2H3;;;/q5*-1;;;;. The van der Waals surface area contributed by atoms with E-state index in [1.54, 1.807) is 6.20 Å². The summed E-state index contributed by atoms with van der Waals surface area (Å²) < 4.78 is 0. The molecular weight excluding hydrogens is 1740 g/mol. The van der Waals surface area contributed by atoms with Gasteiger partial charge in [-0.25, -0.2) is 0 Å². The largest absolute Gasteiger partial charge is 0.512 e. The van der Waals surface area contributed by atoms with Gasteiger partial charge in [0, 0.05) is 130 Å². The van der Waals surface area contributed by atoms with Gasteiger partial charge in [0.05, 0.1) is 39.8 Å². The van der Waals surface area contributed by atoms with E-state index in [0.29, 0.717) is 0 Å². The molecule has 17 aromatic rings. The second-order valence-corrected chi connectivity index (χ2v) is 21.6. The van der Waals surface area contributed by atoms with Crippen LogP contribution in [0, 0.1) is 30.3 Å². The first kappa shape index (κ1) is 71.5. The number of aliphatic hydroxyl groups is 1. The normalized spacial score (nSPS) is 10.4. The number of carbonyl (C=O) groups excluding carboxylic acids is 1. The number of ketones is 1. The summed E-state index contributed by atoms with van der Waals surface area (Å²) in [6.45, 7) is 2.85. The molecule has 3 radical (unpaired) electrons. The van der Waals surface area contributed by atoms with Crippen molar-refractivity contribution in [3.63, 3.8) is 0 Å². The van der Waals surface area contributed by atoms with Gasteiger partial charge in [-0.2, -0.15) is 0 Å². The molecule has 0 bridgehead atoms. The van der Waals surface area contributed by atoms with Crippen LogP contribution in [0.2, 0.25) is 0 Å². The SMILES string of the molecule is CC(=O)C=C(C)O.[Ir].[Ir].[Ir].[c-]1ccccc1-c1ccccn1.[c-]1ccccc1-c1ncc2ccc3ccccc3c2n1.[c-]1ccccc1-c1ncc2ccc3ccccc3c2n1.[c-]1ccccc1-c1ncc2ccc3ccccc3c2n1.[c-]1ccccc1-c1nccc2ccccc12. The van der Waals surface area contributed by atoms with Gasteiger partial charge >= 0.3 is 0 Å². The second-order valence-electron chi connectivity index (χ2n) is 21.6. The topological polar surface area (TPSA) is 140 Å². The maximum absolute atomic E-state index is 10.0. The summed E-state index contributed by atoms with van der Waals surface area (Å²) in [6.07, 6.45) is 10.4. The Bertz CT molecular complexity index is 5020. The summed E-state index contributed by atoms with van der Waals surface area (Å²) in [4.78, 5) is 46.2. The Morgan fingerprint density at radius 1 is 0.316 bits per heavy atom. The number of hydrogen-bond acceptors (Lipinski definition) is 10. The summed E-state index contributed by atoms with van der Waals surface area (Å²) in [5.41, 5.74) is 9.78. The Morgan fingerprint density at radius 2 is 0.643 bits per heavy atom. The van der Waals surface area contributed by atoms with E-state index in [4.69, 9.17) is 20.1 Å². The maximum atomic E-state index is 10.0. The van der Waals surface area contributed by atoms with Crippen molar-refractivity contribution >= 4 is 81.6 Å². The summed E-state index contributed by atoms with van der Waals surface area (Å²) >= 11 is 0. The quantitative estimate of drug-likeness (QED) is 0.0740. The number of aromatic nitrogens is 8. The van der Waals surface area contributed by atoms with Crippen molar-refractivity contribution in [1.29, 1.82) is 0 Å². The van der Waals surface area contributed by atoms with Crippen molar-refractivity contribution in [2.24, 2.45) is 0 Å². The average Bonchev–Trinajstić information content (AvgIpc) is 0.800. The van der Waals surface area contributed by atoms with E-state index >= 15 is 0 Å². The Morgan fingerprint density at radius 3 is 0.980 bits per heavy atom. The zero-order valence-electron chi connectivity index (χ0n) is 53.0. The van der Waals surface area contributed by atoms with Crippen LogP contribution in [0.5, 0.6) is 0 Å². The summed E-state index contributed by atoms with van der Waals surface area (Å²) in [6, 6.07) is 108. The number of aliphatic hydroxyl groups excluding tert-OH is 1. The fourth-order valence-corrected chi connectivity index (χ4v) is 10.5. The van der Waals surface area contributed by atoms with Crippen molar-refractivity contribution in [3.05, 3.63) is 352 Å². The van der Waals surface area contributed by atoms with Crippen molar-refractivity contribution in [3.8, 4) is 56.7 Å². The van der Waals surface area contributed by atoms with Crippen LogP contribution in [-0.4, -0.2) is 50.8 Å². The van der Waals surface area contributed by atoms with Gasteiger partial charge in [0.15, 0.2) is 5.78 Å². The molecule has 0 amide bonds. The van der Waals surface area contributed by atoms with Gasteiger partial charge in [-0.3, -0.25) is 34.7 Å². The smallest absolute Gasteiger partial charge is 0.155 e. The van der Waals surface area contributed by atoms with Crippen LogP contribution in [0.1, 0.15) is 13.8 Å². The van der Waals surface area contributed by atoms with Gasteiger partial charge in [0.2, 0.25) is 0 Å². The number of allylic oxidation sites excluding steroid dienone is 2. The molecule has 0 aliphatic rings. The maximum Gasteiger partial charge on any atom is 0.155 e. The number of nitrogens with zero attached hydrogens (tertiary/aromatic N) is 8. The van der Waals surface area contributed by atoms with E-state index in [2.05, 4.69) is 140 Å². The predicted molar refractivity (Wildman–Crippen MR) is 386 cm³/mol. The van der Waals surface area contributed by atoms with Gasteiger partial charge in [0.1, 0.15) is 0 Å². The summed E-state index contributed by atoms with van der Waals surface area (Å²) in [5.74, 6) is 2.09. The molecule has 0 atom stereocenters. The van der Waals surface area contributed by atoms with Crippen LogP contribution in [0.3, 0.4) is 0 Å². The molecule has 0 saturated carbocycles. The second kappa shape index (κ2) is 35.8. The number of benzene rings is 12. The molecule has 0 saturated heterocycles. The van der Waals surface area contributed by atoms with E-state index < -0.39 is 0 Å². The number of hydrogen-bond donors (Lipinski definition) is 1. The molecule has 483 valence electrons. The molecule has 5 aromatic heterocycles. The van der Waals surface area contributed by atoms with E-state index in [-0.39, 0.29) is 71.9 Å². The van der Waals surface area contributed by atoms with Crippen LogP contribution in [0.4, 0.5) is 0 Å². The van der Waals surface area contributed by atoms with Crippen molar-refractivity contribution in [2.45, 2.75) is 13.8 Å². The molecule has 17 rings (SSSR count). The number of carbonyl (C=O) groups is 1. The molecule has 0 fully saturated rings. The van der Waals surface area contributed by atoms with Gasteiger partial charge in [0.25, 0.3) is 0 Å². The molecule has 5 heterocycles. The number of pyridine rings is 2. The molecule has 0 aliphatic carbocycles. The zero-order valence-corrected chi connectivity index (χ0v) is 60.1. The molecule has 1 N–H and O–H groups in total.